The van der Waals surface area contributed by atoms with E-state index in [1.807, 2.05) is 54.6 Å². The Kier molecular flexibility index (Phi) is 7.14. The highest BCUT2D eigenvalue weighted by atomic mass is 32.2. The average molecular weight is 672 g/mol. The lowest BCUT2D eigenvalue weighted by atomic mass is 9.68. The van der Waals surface area contributed by atoms with Crippen LogP contribution in [0.3, 0.4) is 0 Å². The smallest absolute Gasteiger partial charge is 0.323 e. The largest absolute Gasteiger partial charge is 0.493 e. The van der Waals surface area contributed by atoms with E-state index in [0.29, 0.717) is 23.6 Å². The van der Waals surface area contributed by atoms with Crippen LogP contribution in [0.4, 0.5) is 5.69 Å². The summed E-state index contributed by atoms with van der Waals surface area (Å²) in [5.74, 6) is -3.25. The number of carboxylic acids is 1. The molecular formula is C34H29N3O8S2. The monoisotopic (exact) mass is 671 g/mol. The van der Waals surface area contributed by atoms with E-state index in [-0.39, 0.29) is 46.3 Å². The lowest BCUT2D eigenvalue weighted by molar-refractivity contribution is -0.149. The topological polar surface area (TPSA) is 155 Å². The lowest BCUT2D eigenvalue weighted by Crippen LogP contribution is -2.42. The number of thiazole rings is 1. The van der Waals surface area contributed by atoms with Gasteiger partial charge in [-0.2, -0.15) is 0 Å². The van der Waals surface area contributed by atoms with E-state index < -0.39 is 36.2 Å². The van der Waals surface area contributed by atoms with Gasteiger partial charge in [0.25, 0.3) is 5.91 Å². The Morgan fingerprint density at radius 1 is 0.979 bits per heavy atom. The SMILES string of the molecule is COc1cc([C@H]2c3sc(=O)[nH]c3SC3C4CC(C5C(=O)N(CC(=O)O)C(=O)C45)C32)ccc1OCC(=O)Nc1ccc2ccccc2c1. The summed E-state index contributed by atoms with van der Waals surface area (Å²) < 4.78 is 11.6. The molecule has 11 nitrogen and oxygen atoms in total. The summed E-state index contributed by atoms with van der Waals surface area (Å²) in [5.41, 5.74) is 1.53. The summed E-state index contributed by atoms with van der Waals surface area (Å²) in [5, 5.41) is 15.0. The maximum atomic E-state index is 13.4. The van der Waals surface area contributed by atoms with Gasteiger partial charge in [-0.05, 0) is 64.8 Å². The number of carbonyl (C=O) groups is 4. The zero-order valence-corrected chi connectivity index (χ0v) is 26.6. The fourth-order valence-electron chi connectivity index (χ4n) is 8.35. The molecule has 1 saturated heterocycles. The van der Waals surface area contributed by atoms with Gasteiger partial charge in [0, 0.05) is 21.7 Å². The third kappa shape index (κ3) is 4.82. The van der Waals surface area contributed by atoms with Gasteiger partial charge in [0.15, 0.2) is 18.1 Å². The van der Waals surface area contributed by atoms with Crippen LogP contribution in [-0.4, -0.2) is 64.2 Å². The standard InChI is InChI=1S/C34H29N3O8S2/c1-44-22-11-17(7-9-21(22)45-14-23(38)35-18-8-6-15-4-2-3-5-16(15)10-18)25-26-19-12-20(29(26)46-31-30(25)47-34(43)36-31)28-27(19)32(41)37(33(28)42)13-24(39)40/h2-11,19-20,25-29H,12-14H2,1H3,(H,35,38)(H,36,43)(H,39,40)/t19?,20?,25-,26?,27?,28?,29?/m1/s1. The highest BCUT2D eigenvalue weighted by Gasteiger charge is 2.69. The quantitative estimate of drug-likeness (QED) is 0.234. The van der Waals surface area contributed by atoms with Gasteiger partial charge in [-0.25, -0.2) is 0 Å². The minimum absolute atomic E-state index is 0.0359. The molecule has 3 amide bonds. The van der Waals surface area contributed by atoms with E-state index in [9.17, 15) is 29.1 Å². The molecule has 47 heavy (non-hydrogen) atoms. The Bertz CT molecular complexity index is 2040. The number of hydrogen-bond acceptors (Lipinski definition) is 9. The van der Waals surface area contributed by atoms with E-state index in [1.165, 1.54) is 7.11 Å². The minimum Gasteiger partial charge on any atom is -0.493 e. The fourth-order valence-corrected chi connectivity index (χ4v) is 11.2. The first-order valence-electron chi connectivity index (χ1n) is 15.3. The van der Waals surface area contributed by atoms with E-state index in [1.54, 1.807) is 17.8 Å². The molecule has 0 radical (unpaired) electrons. The van der Waals surface area contributed by atoms with Crippen molar-refractivity contribution >= 4 is 63.2 Å². The van der Waals surface area contributed by atoms with Crippen LogP contribution in [0.1, 0.15) is 22.8 Å². The second kappa shape index (κ2) is 11.3. The first-order valence-corrected chi connectivity index (χ1v) is 17.0. The highest BCUT2D eigenvalue weighted by molar-refractivity contribution is 8.00. The average Bonchev–Trinajstić information content (AvgIpc) is 3.79. The number of likely N-dealkylation sites (tertiary alicyclic amines) is 1. The van der Waals surface area contributed by atoms with Crippen LogP contribution in [-0.2, 0) is 19.2 Å². The van der Waals surface area contributed by atoms with Gasteiger partial charge in [-0.15, -0.1) is 11.8 Å². The Morgan fingerprint density at radius 2 is 1.74 bits per heavy atom. The van der Waals surface area contributed by atoms with Gasteiger partial charge in [0.2, 0.25) is 11.8 Å². The van der Waals surface area contributed by atoms with E-state index in [2.05, 4.69) is 10.3 Å². The van der Waals surface area contributed by atoms with Crippen molar-refractivity contribution in [1.82, 2.24) is 9.88 Å². The molecule has 2 aliphatic carbocycles. The predicted molar refractivity (Wildman–Crippen MR) is 174 cm³/mol. The van der Waals surface area contributed by atoms with Gasteiger partial charge in [-0.1, -0.05) is 47.7 Å². The number of rotatable bonds is 8. The number of imide groups is 1. The number of benzene rings is 3. The van der Waals surface area contributed by atoms with Crippen molar-refractivity contribution in [2.24, 2.45) is 29.6 Å². The normalized spacial score (nSPS) is 27.0. The molecule has 2 saturated carbocycles. The summed E-state index contributed by atoms with van der Waals surface area (Å²) >= 11 is 2.70. The number of amides is 3. The molecule has 4 aliphatic rings. The maximum Gasteiger partial charge on any atom is 0.323 e. The number of aromatic nitrogens is 1. The number of aliphatic carboxylic acids is 1. The third-order valence-corrected chi connectivity index (χ3v) is 12.6. The van der Waals surface area contributed by atoms with Crippen LogP contribution in [0.25, 0.3) is 10.8 Å². The predicted octanol–water partition coefficient (Wildman–Crippen LogP) is 4.17. The van der Waals surface area contributed by atoms with E-state index in [0.717, 1.165) is 42.5 Å². The zero-order chi connectivity index (χ0) is 32.6. The first-order chi connectivity index (χ1) is 22.7. The molecule has 3 N–H and O–H groups in total. The van der Waals surface area contributed by atoms with Crippen LogP contribution < -0.4 is 19.7 Å². The number of nitrogens with zero attached hydrogens (tertiary/aromatic N) is 1. The molecule has 2 aliphatic heterocycles. The lowest BCUT2D eigenvalue weighted by Gasteiger charge is -2.43. The number of nitrogens with one attached hydrogen (secondary N) is 2. The number of fused-ring (bicyclic) bond motifs is 10. The fraction of sp³-hybridized carbons (Fsp3) is 0.324. The molecule has 0 spiro atoms. The summed E-state index contributed by atoms with van der Waals surface area (Å²) in [7, 11) is 1.52. The molecular weight excluding hydrogens is 643 g/mol. The number of thioether (sulfide) groups is 1. The number of carbonyl (C=O) groups excluding carboxylic acids is 3. The van der Waals surface area contributed by atoms with Gasteiger partial charge >= 0.3 is 10.8 Å². The van der Waals surface area contributed by atoms with Crippen LogP contribution in [0, 0.1) is 29.6 Å². The molecule has 240 valence electrons. The number of hydrogen-bond donors (Lipinski definition) is 3. The van der Waals surface area contributed by atoms with Gasteiger partial charge in [-0.3, -0.25) is 28.9 Å². The Hall–Kier alpha value is -4.62. The van der Waals surface area contributed by atoms with Gasteiger partial charge in [0.1, 0.15) is 6.54 Å². The van der Waals surface area contributed by atoms with Crippen LogP contribution in [0.15, 0.2) is 70.5 Å². The minimum atomic E-state index is -1.22. The Balaban J connectivity index is 1.06. The highest BCUT2D eigenvalue weighted by Crippen LogP contribution is 2.68. The summed E-state index contributed by atoms with van der Waals surface area (Å²) in [6.45, 7) is -0.873. The second-order valence-corrected chi connectivity index (χ2v) is 14.6. The van der Waals surface area contributed by atoms with Crippen molar-refractivity contribution in [3.8, 4) is 11.5 Å². The van der Waals surface area contributed by atoms with E-state index in [4.69, 9.17) is 9.47 Å². The van der Waals surface area contributed by atoms with E-state index >= 15 is 0 Å². The molecule has 1 aromatic heterocycles. The van der Waals surface area contributed by atoms with Gasteiger partial charge < -0.3 is 24.9 Å². The molecule has 4 aromatic rings. The molecule has 7 atom stereocenters. The Morgan fingerprint density at radius 3 is 2.51 bits per heavy atom. The van der Waals surface area contributed by atoms with Gasteiger partial charge in [0.05, 0.1) is 24.0 Å². The first kappa shape index (κ1) is 29.8. The van der Waals surface area contributed by atoms with Crippen LogP contribution in [0.5, 0.6) is 11.5 Å². The molecule has 3 heterocycles. The molecule has 6 unspecified atom stereocenters. The number of aromatic amines is 1. The number of ether oxygens (including phenoxy) is 2. The number of carboxylic acid groups (broad SMARTS) is 1. The summed E-state index contributed by atoms with van der Waals surface area (Å²) in [4.78, 5) is 68.2. The van der Waals surface area contributed by atoms with Crippen molar-refractivity contribution in [3.05, 3.63) is 80.8 Å². The molecule has 13 heteroatoms. The molecule has 2 bridgehead atoms. The third-order valence-electron chi connectivity index (χ3n) is 10.0. The van der Waals surface area contributed by atoms with Crippen molar-refractivity contribution in [2.45, 2.75) is 22.6 Å². The number of H-pyrrole nitrogens is 1. The number of methoxy groups -OCH3 is 1. The molecule has 3 aromatic carbocycles. The van der Waals surface area contributed by atoms with Crippen LogP contribution in [0.2, 0.25) is 0 Å². The molecule has 3 fully saturated rings. The van der Waals surface area contributed by atoms with Crippen molar-refractivity contribution in [3.63, 3.8) is 0 Å². The Labute approximate surface area is 276 Å². The summed E-state index contributed by atoms with van der Waals surface area (Å²) in [6.07, 6.45) is 0.691. The summed E-state index contributed by atoms with van der Waals surface area (Å²) in [6, 6.07) is 19.1. The number of anilines is 1. The second-order valence-electron chi connectivity index (χ2n) is 12.4. The van der Waals surface area contributed by atoms with Crippen molar-refractivity contribution < 1.29 is 33.8 Å². The van der Waals surface area contributed by atoms with Crippen molar-refractivity contribution in [1.29, 1.82) is 0 Å². The maximum absolute atomic E-state index is 13.4. The van der Waals surface area contributed by atoms with Crippen LogP contribution >= 0.6 is 23.1 Å². The molecule has 8 rings (SSSR count). The zero-order valence-electron chi connectivity index (χ0n) is 25.0. The van der Waals surface area contributed by atoms with Crippen molar-refractivity contribution in [2.75, 3.05) is 25.6 Å².